The predicted molar refractivity (Wildman–Crippen MR) is 50.9 cm³/mol. The Morgan fingerprint density at radius 1 is 1.42 bits per heavy atom. The lowest BCUT2D eigenvalue weighted by atomic mass is 9.72. The number of Topliss-reactive ketones (excluding diaryl/α,β-unsaturated/α-hetero) is 1. The SMILES string of the molecule is CC(=O)C1(C)CC(C)=CC=C1C. The molecule has 0 bridgehead atoms. The van der Waals surface area contributed by atoms with Gasteiger partial charge in [-0.15, -0.1) is 0 Å². The van der Waals surface area contributed by atoms with Crippen LogP contribution in [0.5, 0.6) is 0 Å². The number of rotatable bonds is 1. The molecule has 66 valence electrons. The molecule has 0 radical (unpaired) electrons. The lowest BCUT2D eigenvalue weighted by Gasteiger charge is -2.30. The van der Waals surface area contributed by atoms with Crippen LogP contribution < -0.4 is 0 Å². The molecule has 0 saturated carbocycles. The van der Waals surface area contributed by atoms with Crippen LogP contribution in [-0.4, -0.2) is 5.78 Å². The van der Waals surface area contributed by atoms with Gasteiger partial charge in [0, 0.05) is 0 Å². The van der Waals surface area contributed by atoms with E-state index >= 15 is 0 Å². The van der Waals surface area contributed by atoms with Crippen LogP contribution in [0.2, 0.25) is 0 Å². The van der Waals surface area contributed by atoms with Gasteiger partial charge < -0.3 is 0 Å². The topological polar surface area (TPSA) is 17.1 Å². The third kappa shape index (κ3) is 1.36. The van der Waals surface area contributed by atoms with E-state index in [0.717, 1.165) is 6.42 Å². The normalized spacial score (nSPS) is 29.3. The van der Waals surface area contributed by atoms with E-state index in [4.69, 9.17) is 0 Å². The second kappa shape index (κ2) is 2.89. The van der Waals surface area contributed by atoms with Crippen molar-refractivity contribution in [3.05, 3.63) is 23.3 Å². The fraction of sp³-hybridized carbons (Fsp3) is 0.545. The molecule has 0 amide bonds. The van der Waals surface area contributed by atoms with Crippen LogP contribution >= 0.6 is 0 Å². The van der Waals surface area contributed by atoms with E-state index in [-0.39, 0.29) is 11.2 Å². The molecule has 1 rings (SSSR count). The molecule has 0 spiro atoms. The zero-order valence-corrected chi connectivity index (χ0v) is 8.27. The van der Waals surface area contributed by atoms with Crippen molar-refractivity contribution in [3.63, 3.8) is 0 Å². The van der Waals surface area contributed by atoms with Crippen LogP contribution in [0, 0.1) is 5.41 Å². The van der Waals surface area contributed by atoms with E-state index in [2.05, 4.69) is 19.1 Å². The second-order valence-electron chi connectivity index (χ2n) is 3.93. The molecule has 1 unspecified atom stereocenters. The third-order valence-corrected chi connectivity index (χ3v) is 2.90. The van der Waals surface area contributed by atoms with Crippen molar-refractivity contribution in [3.8, 4) is 0 Å². The van der Waals surface area contributed by atoms with Crippen LogP contribution in [-0.2, 0) is 4.79 Å². The molecule has 0 heterocycles. The first-order chi connectivity index (χ1) is 5.47. The molecule has 1 heteroatoms. The number of ketones is 1. The monoisotopic (exact) mass is 164 g/mol. The van der Waals surface area contributed by atoms with E-state index in [1.807, 2.05) is 13.8 Å². The highest BCUT2D eigenvalue weighted by molar-refractivity contribution is 5.85. The summed E-state index contributed by atoms with van der Waals surface area (Å²) < 4.78 is 0. The van der Waals surface area contributed by atoms with Gasteiger partial charge >= 0.3 is 0 Å². The van der Waals surface area contributed by atoms with Gasteiger partial charge in [0.2, 0.25) is 0 Å². The molecule has 0 aromatic carbocycles. The summed E-state index contributed by atoms with van der Waals surface area (Å²) in [4.78, 5) is 11.4. The predicted octanol–water partition coefficient (Wildman–Crippen LogP) is 2.88. The standard InChI is InChI=1S/C11H16O/c1-8-5-6-9(2)11(4,7-8)10(3)12/h5-6H,7H2,1-4H3. The van der Waals surface area contributed by atoms with Crippen LogP contribution in [0.3, 0.4) is 0 Å². The summed E-state index contributed by atoms with van der Waals surface area (Å²) in [6.45, 7) is 7.81. The summed E-state index contributed by atoms with van der Waals surface area (Å²) >= 11 is 0. The summed E-state index contributed by atoms with van der Waals surface area (Å²) in [5.41, 5.74) is 2.23. The van der Waals surface area contributed by atoms with Crippen LogP contribution in [0.15, 0.2) is 23.3 Å². The molecule has 1 nitrogen and oxygen atoms in total. The number of hydrogen-bond acceptors (Lipinski definition) is 1. The number of carbonyl (C=O) groups excluding carboxylic acids is 1. The van der Waals surface area contributed by atoms with Crippen molar-refractivity contribution in [1.82, 2.24) is 0 Å². The minimum atomic E-state index is -0.237. The molecular weight excluding hydrogens is 148 g/mol. The Bertz CT molecular complexity index is 271. The Balaban J connectivity index is 3.04. The Morgan fingerprint density at radius 3 is 2.42 bits per heavy atom. The summed E-state index contributed by atoms with van der Waals surface area (Å²) in [6.07, 6.45) is 5.03. The zero-order valence-electron chi connectivity index (χ0n) is 8.27. The fourth-order valence-electron chi connectivity index (χ4n) is 1.61. The van der Waals surface area contributed by atoms with E-state index in [0.29, 0.717) is 0 Å². The molecule has 0 N–H and O–H groups in total. The second-order valence-corrected chi connectivity index (χ2v) is 3.93. The summed E-state index contributed by atoms with van der Waals surface area (Å²) in [7, 11) is 0. The minimum Gasteiger partial charge on any atom is -0.299 e. The van der Waals surface area contributed by atoms with Gasteiger partial charge in [-0.1, -0.05) is 23.3 Å². The maximum atomic E-state index is 11.4. The zero-order chi connectivity index (χ0) is 9.35. The number of carbonyl (C=O) groups is 1. The molecule has 12 heavy (non-hydrogen) atoms. The molecule has 0 saturated heterocycles. The highest BCUT2D eigenvalue weighted by atomic mass is 16.1. The van der Waals surface area contributed by atoms with Gasteiger partial charge in [0.15, 0.2) is 0 Å². The quantitative estimate of drug-likeness (QED) is 0.582. The fourth-order valence-corrected chi connectivity index (χ4v) is 1.61. The highest BCUT2D eigenvalue weighted by Gasteiger charge is 2.32. The molecule has 1 aliphatic carbocycles. The molecule has 0 aromatic heterocycles. The average Bonchev–Trinajstić information content (AvgIpc) is 1.97. The Morgan fingerprint density at radius 2 is 2.00 bits per heavy atom. The minimum absolute atomic E-state index is 0.237. The van der Waals surface area contributed by atoms with E-state index in [9.17, 15) is 4.79 Å². The molecule has 0 aromatic rings. The van der Waals surface area contributed by atoms with Gasteiger partial charge in [-0.2, -0.15) is 0 Å². The number of hydrogen-bond donors (Lipinski definition) is 0. The first kappa shape index (κ1) is 9.24. The lowest BCUT2D eigenvalue weighted by Crippen LogP contribution is -2.28. The highest BCUT2D eigenvalue weighted by Crippen LogP contribution is 2.37. The van der Waals surface area contributed by atoms with Gasteiger partial charge in [-0.25, -0.2) is 0 Å². The van der Waals surface area contributed by atoms with Gasteiger partial charge in [-0.3, -0.25) is 4.79 Å². The van der Waals surface area contributed by atoms with Crippen molar-refractivity contribution in [1.29, 1.82) is 0 Å². The van der Waals surface area contributed by atoms with Crippen molar-refractivity contribution in [2.45, 2.75) is 34.1 Å². The van der Waals surface area contributed by atoms with E-state index in [1.54, 1.807) is 6.92 Å². The molecule has 0 aliphatic heterocycles. The Kier molecular flexibility index (Phi) is 2.22. The van der Waals surface area contributed by atoms with Crippen molar-refractivity contribution in [2.75, 3.05) is 0 Å². The molecule has 0 fully saturated rings. The van der Waals surface area contributed by atoms with Crippen LogP contribution in [0.4, 0.5) is 0 Å². The van der Waals surface area contributed by atoms with Gasteiger partial charge in [0.25, 0.3) is 0 Å². The summed E-state index contributed by atoms with van der Waals surface area (Å²) in [6, 6.07) is 0. The maximum Gasteiger partial charge on any atom is 0.140 e. The number of allylic oxidation sites excluding steroid dienone is 4. The Hall–Kier alpha value is -0.850. The third-order valence-electron chi connectivity index (χ3n) is 2.90. The molecular formula is C11H16O. The smallest absolute Gasteiger partial charge is 0.140 e. The van der Waals surface area contributed by atoms with Crippen LogP contribution in [0.1, 0.15) is 34.1 Å². The maximum absolute atomic E-state index is 11.4. The largest absolute Gasteiger partial charge is 0.299 e. The van der Waals surface area contributed by atoms with Gasteiger partial charge in [0.1, 0.15) is 5.78 Å². The van der Waals surface area contributed by atoms with Gasteiger partial charge in [-0.05, 0) is 34.1 Å². The summed E-state index contributed by atoms with van der Waals surface area (Å²) in [5.74, 6) is 0.267. The van der Waals surface area contributed by atoms with Gasteiger partial charge in [0.05, 0.1) is 5.41 Å². The van der Waals surface area contributed by atoms with Crippen molar-refractivity contribution in [2.24, 2.45) is 5.41 Å². The average molecular weight is 164 g/mol. The van der Waals surface area contributed by atoms with Crippen molar-refractivity contribution >= 4 is 5.78 Å². The molecule has 1 atom stereocenters. The first-order valence-corrected chi connectivity index (χ1v) is 4.32. The van der Waals surface area contributed by atoms with E-state index in [1.165, 1.54) is 11.1 Å². The lowest BCUT2D eigenvalue weighted by molar-refractivity contribution is -0.123. The van der Waals surface area contributed by atoms with Crippen LogP contribution in [0.25, 0.3) is 0 Å². The molecule has 1 aliphatic rings. The summed E-state index contributed by atoms with van der Waals surface area (Å²) in [5, 5.41) is 0. The van der Waals surface area contributed by atoms with E-state index < -0.39 is 0 Å². The van der Waals surface area contributed by atoms with Crippen molar-refractivity contribution < 1.29 is 4.79 Å². The Labute approximate surface area is 74.2 Å². The first-order valence-electron chi connectivity index (χ1n) is 4.32.